The van der Waals surface area contributed by atoms with Crippen molar-refractivity contribution in [2.24, 2.45) is 5.92 Å². The van der Waals surface area contributed by atoms with Gasteiger partial charge in [-0.1, -0.05) is 73.2 Å². The van der Waals surface area contributed by atoms with Gasteiger partial charge < -0.3 is 4.98 Å². The van der Waals surface area contributed by atoms with Crippen LogP contribution in [-0.2, 0) is 0 Å². The summed E-state index contributed by atoms with van der Waals surface area (Å²) in [5, 5.41) is 7.05. The van der Waals surface area contributed by atoms with Crippen molar-refractivity contribution in [1.29, 1.82) is 0 Å². The van der Waals surface area contributed by atoms with Crippen molar-refractivity contribution >= 4 is 34.2 Å². The van der Waals surface area contributed by atoms with E-state index in [-0.39, 0.29) is 0 Å². The van der Waals surface area contributed by atoms with E-state index in [9.17, 15) is 4.39 Å². The summed E-state index contributed by atoms with van der Waals surface area (Å²) in [6.07, 6.45) is 11.1. The predicted octanol–water partition coefficient (Wildman–Crippen LogP) is 7.35. The number of imidazole rings is 1. The van der Waals surface area contributed by atoms with E-state index in [1.165, 1.54) is 30.4 Å². The molecule has 5 aromatic rings. The minimum atomic E-state index is -0.468. The Labute approximate surface area is 203 Å². The van der Waals surface area contributed by atoms with E-state index in [4.69, 9.17) is 0 Å². The molecule has 4 nitrogen and oxygen atoms in total. The van der Waals surface area contributed by atoms with Gasteiger partial charge in [-0.05, 0) is 70.4 Å². The molecule has 0 aliphatic heterocycles. The molecule has 35 heavy (non-hydrogen) atoms. The van der Waals surface area contributed by atoms with Gasteiger partial charge in [-0.3, -0.25) is 5.10 Å². The van der Waals surface area contributed by atoms with Crippen LogP contribution in [0.5, 0.6) is 0 Å². The molecular formula is C30H25FN4. The molecule has 1 saturated carbocycles. The van der Waals surface area contributed by atoms with Crippen molar-refractivity contribution in [2.45, 2.75) is 19.3 Å². The number of benzene rings is 3. The molecule has 0 saturated heterocycles. The number of fused-ring (bicyclic) bond motifs is 1. The molecule has 0 spiro atoms. The van der Waals surface area contributed by atoms with E-state index in [1.807, 2.05) is 30.5 Å². The quantitative estimate of drug-likeness (QED) is 0.260. The van der Waals surface area contributed by atoms with Gasteiger partial charge in [-0.25, -0.2) is 4.98 Å². The average Bonchev–Trinajstić information content (AvgIpc) is 3.52. The smallest absolute Gasteiger partial charge is 0.240 e. The summed E-state index contributed by atoms with van der Waals surface area (Å²) in [6, 6.07) is 25.1. The molecule has 5 heteroatoms. The molecule has 2 N–H and O–H groups in total. The topological polar surface area (TPSA) is 57.4 Å². The predicted molar refractivity (Wildman–Crippen MR) is 140 cm³/mol. The molecule has 0 radical (unpaired) electrons. The van der Waals surface area contributed by atoms with Gasteiger partial charge in [-0.15, -0.1) is 5.10 Å². The first-order valence-electron chi connectivity index (χ1n) is 12.0. The van der Waals surface area contributed by atoms with Crippen LogP contribution in [-0.4, -0.2) is 20.2 Å². The Hall–Kier alpha value is -4.25. The molecule has 1 fully saturated rings. The minimum absolute atomic E-state index is 0.468. The van der Waals surface area contributed by atoms with E-state index in [0.717, 1.165) is 28.1 Å². The second-order valence-electron chi connectivity index (χ2n) is 8.99. The van der Waals surface area contributed by atoms with Crippen LogP contribution in [0.4, 0.5) is 4.39 Å². The fourth-order valence-electron chi connectivity index (χ4n) is 4.82. The number of rotatable bonds is 6. The van der Waals surface area contributed by atoms with Gasteiger partial charge in [-0.2, -0.15) is 4.39 Å². The molecule has 1 aliphatic carbocycles. The Balaban J connectivity index is 1.51. The van der Waals surface area contributed by atoms with E-state index < -0.39 is 5.95 Å². The Morgan fingerprint density at radius 1 is 0.886 bits per heavy atom. The Kier molecular flexibility index (Phi) is 5.59. The lowest BCUT2D eigenvalue weighted by atomic mass is 9.73. The van der Waals surface area contributed by atoms with Crippen molar-refractivity contribution < 1.29 is 4.39 Å². The van der Waals surface area contributed by atoms with Crippen LogP contribution in [0.2, 0.25) is 0 Å². The number of hydrogen-bond acceptors (Lipinski definition) is 2. The van der Waals surface area contributed by atoms with Gasteiger partial charge in [0.2, 0.25) is 5.95 Å². The van der Waals surface area contributed by atoms with Crippen LogP contribution in [0.15, 0.2) is 85.2 Å². The average molecular weight is 461 g/mol. The largest absolute Gasteiger partial charge is 0.345 e. The lowest BCUT2D eigenvalue weighted by Crippen LogP contribution is -2.15. The number of allylic oxidation sites excluding steroid dienone is 1. The molecule has 0 bridgehead atoms. The van der Waals surface area contributed by atoms with E-state index >= 15 is 0 Å². The molecule has 0 unspecified atom stereocenters. The minimum Gasteiger partial charge on any atom is -0.345 e. The second-order valence-corrected chi connectivity index (χ2v) is 8.99. The third kappa shape index (κ3) is 4.21. The summed E-state index contributed by atoms with van der Waals surface area (Å²) >= 11 is 0. The highest BCUT2D eigenvalue weighted by atomic mass is 19.1. The standard InChI is InChI=1S/C30H25FN4/c31-30-25-19-24(14-15-26(25)34-35-30)29(28(22-7-4-8-22)21-5-2-1-3-6-21)23-12-9-20(10-13-23)11-16-27-32-17-18-33-27/h1-3,5-6,9-19,22H,4,7-8H2,(H,32,33)(H,34,35). The van der Waals surface area contributed by atoms with Crippen LogP contribution in [0, 0.1) is 11.9 Å². The summed E-state index contributed by atoms with van der Waals surface area (Å²) < 4.78 is 14.4. The van der Waals surface area contributed by atoms with Crippen molar-refractivity contribution in [3.8, 4) is 0 Å². The first-order chi connectivity index (χ1) is 17.3. The third-order valence-electron chi connectivity index (χ3n) is 6.82. The summed E-state index contributed by atoms with van der Waals surface area (Å²) in [7, 11) is 0. The number of halogens is 1. The monoisotopic (exact) mass is 460 g/mol. The maximum Gasteiger partial charge on any atom is 0.240 e. The van der Waals surface area contributed by atoms with E-state index in [0.29, 0.717) is 16.8 Å². The number of nitrogens with one attached hydrogen (secondary N) is 2. The molecule has 3 aromatic carbocycles. The van der Waals surface area contributed by atoms with Gasteiger partial charge in [0, 0.05) is 12.4 Å². The van der Waals surface area contributed by atoms with Gasteiger partial charge in [0.1, 0.15) is 5.82 Å². The molecule has 1 aliphatic rings. The van der Waals surface area contributed by atoms with Crippen molar-refractivity contribution in [1.82, 2.24) is 20.2 Å². The van der Waals surface area contributed by atoms with Crippen molar-refractivity contribution in [3.05, 3.63) is 119 Å². The van der Waals surface area contributed by atoms with Crippen molar-refractivity contribution in [3.63, 3.8) is 0 Å². The second kappa shape index (κ2) is 9.18. The number of H-pyrrole nitrogens is 2. The van der Waals surface area contributed by atoms with Crippen LogP contribution >= 0.6 is 0 Å². The third-order valence-corrected chi connectivity index (χ3v) is 6.82. The van der Waals surface area contributed by atoms with Crippen LogP contribution < -0.4 is 0 Å². The fourth-order valence-corrected chi connectivity index (χ4v) is 4.82. The molecular weight excluding hydrogens is 435 g/mol. The number of aromatic nitrogens is 4. The molecule has 0 amide bonds. The van der Waals surface area contributed by atoms with Crippen LogP contribution in [0.3, 0.4) is 0 Å². The zero-order valence-electron chi connectivity index (χ0n) is 19.2. The van der Waals surface area contributed by atoms with Crippen molar-refractivity contribution in [2.75, 3.05) is 0 Å². The van der Waals surface area contributed by atoms with E-state index in [1.54, 1.807) is 6.20 Å². The van der Waals surface area contributed by atoms with Crippen LogP contribution in [0.25, 0.3) is 34.2 Å². The highest BCUT2D eigenvalue weighted by Gasteiger charge is 2.27. The highest BCUT2D eigenvalue weighted by molar-refractivity contribution is 6.01. The zero-order valence-corrected chi connectivity index (χ0v) is 19.2. The summed E-state index contributed by atoms with van der Waals surface area (Å²) in [6.45, 7) is 0. The van der Waals surface area contributed by atoms with Gasteiger partial charge in [0.05, 0.1) is 10.9 Å². The summed E-state index contributed by atoms with van der Waals surface area (Å²) in [4.78, 5) is 7.34. The van der Waals surface area contributed by atoms with E-state index in [2.05, 4.69) is 80.8 Å². The normalized spacial score (nSPS) is 14.9. The lowest BCUT2D eigenvalue weighted by Gasteiger charge is -2.31. The maximum absolute atomic E-state index is 14.4. The summed E-state index contributed by atoms with van der Waals surface area (Å²) in [5.74, 6) is 0.835. The Morgan fingerprint density at radius 2 is 1.69 bits per heavy atom. The molecule has 6 rings (SSSR count). The Bertz CT molecular complexity index is 1510. The molecule has 172 valence electrons. The zero-order chi connectivity index (χ0) is 23.6. The van der Waals surface area contributed by atoms with Gasteiger partial charge >= 0.3 is 0 Å². The van der Waals surface area contributed by atoms with Gasteiger partial charge in [0.25, 0.3) is 0 Å². The Morgan fingerprint density at radius 3 is 2.40 bits per heavy atom. The fraction of sp³-hybridized carbons (Fsp3) is 0.133. The number of hydrogen-bond donors (Lipinski definition) is 2. The highest BCUT2D eigenvalue weighted by Crippen LogP contribution is 2.45. The first-order valence-corrected chi connectivity index (χ1v) is 12.0. The van der Waals surface area contributed by atoms with Gasteiger partial charge in [0.15, 0.2) is 0 Å². The molecule has 0 atom stereocenters. The SMILES string of the molecule is Fc1n[nH]c2ccc(C(=C(c3ccccc3)C3CCC3)c3ccc(C=Cc4ncc[nH]4)cc3)cc12. The first kappa shape index (κ1) is 21.3. The summed E-state index contributed by atoms with van der Waals surface area (Å²) in [5.41, 5.74) is 7.63. The maximum atomic E-state index is 14.4. The van der Waals surface area contributed by atoms with Crippen LogP contribution in [0.1, 0.15) is 47.3 Å². The molecule has 2 heterocycles. The lowest BCUT2D eigenvalue weighted by molar-refractivity contribution is 0.401. The molecule has 2 aromatic heterocycles. The number of aromatic amines is 2. The number of nitrogens with zero attached hydrogens (tertiary/aromatic N) is 2.